The van der Waals surface area contributed by atoms with Crippen LogP contribution in [0.2, 0.25) is 0 Å². The third kappa shape index (κ3) is 3.07. The molecule has 0 spiro atoms. The lowest BCUT2D eigenvalue weighted by molar-refractivity contribution is 0.766. The van der Waals surface area contributed by atoms with Gasteiger partial charge in [-0.25, -0.2) is 4.98 Å². The largest absolute Gasteiger partial charge is 0.355 e. The maximum Gasteiger partial charge on any atom is 0.128 e. The van der Waals surface area contributed by atoms with Gasteiger partial charge in [0.15, 0.2) is 0 Å². The molecule has 0 bridgehead atoms. The van der Waals surface area contributed by atoms with Crippen LogP contribution in [0.3, 0.4) is 0 Å². The average molecular weight is 245 g/mol. The van der Waals surface area contributed by atoms with Crippen LogP contribution in [0.4, 0.5) is 5.82 Å². The zero-order chi connectivity index (χ0) is 13.0. The Kier molecular flexibility index (Phi) is 3.94. The van der Waals surface area contributed by atoms with Crippen molar-refractivity contribution in [2.24, 2.45) is 7.05 Å². The summed E-state index contributed by atoms with van der Waals surface area (Å²) in [5.74, 6) is 0.971. The Morgan fingerprint density at radius 1 is 1.28 bits per heavy atom. The molecule has 0 fully saturated rings. The molecule has 96 valence electrons. The molecule has 0 aliphatic carbocycles. The molecule has 0 radical (unpaired) electrons. The van der Waals surface area contributed by atoms with Gasteiger partial charge in [0.1, 0.15) is 5.82 Å². The van der Waals surface area contributed by atoms with E-state index in [9.17, 15) is 0 Å². The number of nitrogens with zero attached hydrogens (tertiary/aromatic N) is 4. The fraction of sp³-hybridized carbons (Fsp3) is 0.385. The molecule has 0 saturated carbocycles. The van der Waals surface area contributed by atoms with E-state index in [4.69, 9.17) is 0 Å². The highest BCUT2D eigenvalue weighted by molar-refractivity contribution is 5.39. The lowest BCUT2D eigenvalue weighted by Crippen LogP contribution is -2.17. The summed E-state index contributed by atoms with van der Waals surface area (Å²) in [6.07, 6.45) is 5.81. The molecule has 1 N–H and O–H groups in total. The number of rotatable bonds is 5. The van der Waals surface area contributed by atoms with Gasteiger partial charge in [-0.1, -0.05) is 6.07 Å². The van der Waals surface area contributed by atoms with Gasteiger partial charge in [0.05, 0.1) is 6.20 Å². The van der Waals surface area contributed by atoms with Crippen LogP contribution in [0.5, 0.6) is 0 Å². The highest BCUT2D eigenvalue weighted by Crippen LogP contribution is 2.12. The summed E-state index contributed by atoms with van der Waals surface area (Å²) in [6.45, 7) is 1.66. The van der Waals surface area contributed by atoms with Crippen LogP contribution in [0.15, 0.2) is 30.7 Å². The number of anilines is 1. The fourth-order valence-corrected chi connectivity index (χ4v) is 1.86. The van der Waals surface area contributed by atoms with E-state index >= 15 is 0 Å². The number of nitrogens with one attached hydrogen (secondary N) is 1. The van der Waals surface area contributed by atoms with Crippen LogP contribution in [-0.2, 0) is 20.1 Å². The molecular formula is C13H19N5. The van der Waals surface area contributed by atoms with Crippen molar-refractivity contribution in [1.29, 1.82) is 0 Å². The Bertz CT molecular complexity index is 488. The van der Waals surface area contributed by atoms with Crippen molar-refractivity contribution in [3.8, 4) is 0 Å². The second-order valence-corrected chi connectivity index (χ2v) is 4.43. The van der Waals surface area contributed by atoms with Gasteiger partial charge in [0.25, 0.3) is 0 Å². The smallest absolute Gasteiger partial charge is 0.128 e. The van der Waals surface area contributed by atoms with E-state index in [1.165, 1.54) is 11.1 Å². The van der Waals surface area contributed by atoms with Gasteiger partial charge in [0, 0.05) is 45.1 Å². The summed E-state index contributed by atoms with van der Waals surface area (Å²) in [5.41, 5.74) is 2.37. The summed E-state index contributed by atoms with van der Waals surface area (Å²) in [6, 6.07) is 4.14. The van der Waals surface area contributed by atoms with E-state index < -0.39 is 0 Å². The fourth-order valence-electron chi connectivity index (χ4n) is 1.86. The number of aryl methyl sites for hydroxylation is 1. The molecule has 2 aromatic rings. The molecule has 0 amide bonds. The minimum Gasteiger partial charge on any atom is -0.355 e. The summed E-state index contributed by atoms with van der Waals surface area (Å²) in [5, 5.41) is 7.27. The van der Waals surface area contributed by atoms with Crippen molar-refractivity contribution in [3.05, 3.63) is 41.9 Å². The molecule has 0 atom stereocenters. The molecule has 2 heterocycles. The number of hydrogen-bond acceptors (Lipinski definition) is 4. The molecular weight excluding hydrogens is 226 g/mol. The van der Waals surface area contributed by atoms with Crippen molar-refractivity contribution in [3.63, 3.8) is 0 Å². The minimum absolute atomic E-state index is 0.812. The zero-order valence-electron chi connectivity index (χ0n) is 11.1. The number of pyridine rings is 1. The Morgan fingerprint density at radius 3 is 2.67 bits per heavy atom. The molecule has 0 aliphatic rings. The quantitative estimate of drug-likeness (QED) is 0.859. The lowest BCUT2D eigenvalue weighted by Gasteiger charge is -2.17. The van der Waals surface area contributed by atoms with E-state index in [0.717, 1.165) is 18.9 Å². The monoisotopic (exact) mass is 245 g/mol. The van der Waals surface area contributed by atoms with Crippen LogP contribution in [0, 0.1) is 0 Å². The second-order valence-electron chi connectivity index (χ2n) is 4.43. The van der Waals surface area contributed by atoms with Crippen LogP contribution in [0.25, 0.3) is 0 Å². The SMILES string of the molecule is CNCc1ccc(N(C)Cc2cnn(C)c2)nc1. The first kappa shape index (κ1) is 12.6. The molecule has 2 rings (SSSR count). The van der Waals surface area contributed by atoms with Gasteiger partial charge >= 0.3 is 0 Å². The van der Waals surface area contributed by atoms with Crippen LogP contribution < -0.4 is 10.2 Å². The molecule has 5 heteroatoms. The Morgan fingerprint density at radius 2 is 2.11 bits per heavy atom. The maximum absolute atomic E-state index is 4.46. The van der Waals surface area contributed by atoms with Crippen molar-refractivity contribution in [1.82, 2.24) is 20.1 Å². The van der Waals surface area contributed by atoms with Gasteiger partial charge < -0.3 is 10.2 Å². The molecule has 5 nitrogen and oxygen atoms in total. The Hall–Kier alpha value is -1.88. The van der Waals surface area contributed by atoms with Crippen molar-refractivity contribution in [2.45, 2.75) is 13.1 Å². The van der Waals surface area contributed by atoms with Gasteiger partial charge in [-0.2, -0.15) is 5.10 Å². The predicted octanol–water partition coefficient (Wildman–Crippen LogP) is 1.17. The summed E-state index contributed by atoms with van der Waals surface area (Å²) in [7, 11) is 5.89. The van der Waals surface area contributed by atoms with Gasteiger partial charge in [0.2, 0.25) is 0 Å². The normalized spacial score (nSPS) is 10.6. The summed E-state index contributed by atoms with van der Waals surface area (Å²) in [4.78, 5) is 6.57. The summed E-state index contributed by atoms with van der Waals surface area (Å²) < 4.78 is 1.81. The van der Waals surface area contributed by atoms with E-state index in [-0.39, 0.29) is 0 Å². The molecule has 0 saturated heterocycles. The third-order valence-electron chi connectivity index (χ3n) is 2.76. The third-order valence-corrected chi connectivity index (χ3v) is 2.76. The maximum atomic E-state index is 4.46. The van der Waals surface area contributed by atoms with Crippen molar-refractivity contribution < 1.29 is 0 Å². The van der Waals surface area contributed by atoms with Gasteiger partial charge in [-0.15, -0.1) is 0 Å². The molecule has 0 unspecified atom stereocenters. The number of hydrogen-bond donors (Lipinski definition) is 1. The average Bonchev–Trinajstić information content (AvgIpc) is 2.76. The van der Waals surface area contributed by atoms with E-state index in [2.05, 4.69) is 26.4 Å². The predicted molar refractivity (Wildman–Crippen MR) is 72.3 cm³/mol. The van der Waals surface area contributed by atoms with Crippen LogP contribution >= 0.6 is 0 Å². The molecule has 0 aliphatic heterocycles. The van der Waals surface area contributed by atoms with Crippen molar-refractivity contribution in [2.75, 3.05) is 19.0 Å². The number of aromatic nitrogens is 3. The lowest BCUT2D eigenvalue weighted by atomic mass is 10.2. The summed E-state index contributed by atoms with van der Waals surface area (Å²) >= 11 is 0. The zero-order valence-corrected chi connectivity index (χ0v) is 11.1. The molecule has 18 heavy (non-hydrogen) atoms. The van der Waals surface area contributed by atoms with E-state index in [1.807, 2.05) is 50.5 Å². The second kappa shape index (κ2) is 5.64. The highest BCUT2D eigenvalue weighted by Gasteiger charge is 2.05. The topological polar surface area (TPSA) is 46.0 Å². The first-order chi connectivity index (χ1) is 8.69. The van der Waals surface area contributed by atoms with Gasteiger partial charge in [-0.3, -0.25) is 4.68 Å². The standard InChI is InChI=1S/C13H19N5/c1-14-6-11-4-5-13(15-7-11)17(2)9-12-8-16-18(3)10-12/h4-5,7-8,10,14H,6,9H2,1-3H3. The Labute approximate surface area is 107 Å². The van der Waals surface area contributed by atoms with Crippen LogP contribution in [0.1, 0.15) is 11.1 Å². The first-order valence-electron chi connectivity index (χ1n) is 5.97. The van der Waals surface area contributed by atoms with Crippen LogP contribution in [-0.4, -0.2) is 28.9 Å². The first-order valence-corrected chi connectivity index (χ1v) is 5.97. The van der Waals surface area contributed by atoms with Crippen molar-refractivity contribution >= 4 is 5.82 Å². The molecule has 2 aromatic heterocycles. The highest BCUT2D eigenvalue weighted by atomic mass is 15.2. The minimum atomic E-state index is 0.812. The Balaban J connectivity index is 2.02. The van der Waals surface area contributed by atoms with Gasteiger partial charge in [-0.05, 0) is 18.7 Å². The van der Waals surface area contributed by atoms with E-state index in [1.54, 1.807) is 0 Å². The molecule has 0 aromatic carbocycles. The van der Waals surface area contributed by atoms with E-state index in [0.29, 0.717) is 0 Å².